The van der Waals surface area contributed by atoms with E-state index in [0.29, 0.717) is 11.7 Å². The van der Waals surface area contributed by atoms with Gasteiger partial charge < -0.3 is 5.32 Å². The second kappa shape index (κ2) is 6.98. The van der Waals surface area contributed by atoms with Gasteiger partial charge in [0.2, 0.25) is 5.84 Å². The van der Waals surface area contributed by atoms with Crippen LogP contribution in [0.15, 0.2) is 34.6 Å². The fourth-order valence-electron chi connectivity index (χ4n) is 3.38. The fraction of sp³-hybridized carbons (Fsp3) is 0.421. The Morgan fingerprint density at radius 1 is 1.33 bits per heavy atom. The Morgan fingerprint density at radius 2 is 2.08 bits per heavy atom. The summed E-state index contributed by atoms with van der Waals surface area (Å²) in [5, 5.41) is 14.1. The molecule has 1 fully saturated rings. The fourth-order valence-corrected chi connectivity index (χ4v) is 3.38. The molecule has 0 saturated heterocycles. The maximum absolute atomic E-state index is 12.3. The van der Waals surface area contributed by atoms with Gasteiger partial charge in [-0.25, -0.2) is 10.1 Å². The molecule has 24 heavy (non-hydrogen) atoms. The van der Waals surface area contributed by atoms with Crippen LogP contribution in [-0.4, -0.2) is 11.7 Å². The number of hydrogen-bond acceptors (Lipinski definition) is 4. The van der Waals surface area contributed by atoms with Gasteiger partial charge in [0, 0.05) is 12.1 Å². The number of nitriles is 1. The van der Waals surface area contributed by atoms with Crippen LogP contribution in [0.25, 0.3) is 0 Å². The predicted octanol–water partition coefficient (Wildman–Crippen LogP) is 2.53. The number of primary amides is 1. The molecule has 0 atom stereocenters. The second-order valence-corrected chi connectivity index (χ2v) is 6.75. The molecule has 0 spiro atoms. The Balaban J connectivity index is 1.89. The van der Waals surface area contributed by atoms with E-state index < -0.39 is 0 Å². The summed E-state index contributed by atoms with van der Waals surface area (Å²) in [4.78, 5) is 16.9. The van der Waals surface area contributed by atoms with Crippen LogP contribution in [-0.2, 0) is 4.79 Å². The summed E-state index contributed by atoms with van der Waals surface area (Å²) in [5.41, 5.74) is 3.15. The zero-order valence-corrected chi connectivity index (χ0v) is 14.2. The highest BCUT2D eigenvalue weighted by atomic mass is 16.1. The van der Waals surface area contributed by atoms with Crippen molar-refractivity contribution in [3.05, 3.63) is 40.7 Å². The molecule has 0 radical (unpaired) electrons. The highest BCUT2D eigenvalue weighted by Gasteiger charge is 2.30. The third kappa shape index (κ3) is 3.55. The monoisotopic (exact) mass is 323 g/mol. The summed E-state index contributed by atoms with van der Waals surface area (Å²) in [6.45, 7) is 4.01. The number of aryl methyl sites for hydroxylation is 2. The number of benzene rings is 1. The number of nitrogens with two attached hydrogens (primary N) is 1. The first-order chi connectivity index (χ1) is 11.6. The van der Waals surface area contributed by atoms with E-state index in [2.05, 4.69) is 10.3 Å². The van der Waals surface area contributed by atoms with Gasteiger partial charge in [0.1, 0.15) is 6.07 Å². The predicted molar refractivity (Wildman–Crippen MR) is 93.1 cm³/mol. The zero-order valence-electron chi connectivity index (χ0n) is 14.2. The third-order valence-electron chi connectivity index (χ3n) is 4.77. The molecule has 1 aromatic rings. The molecule has 1 amide bonds. The largest absolute Gasteiger partial charge is 0.363 e. The maximum Gasteiger partial charge on any atom is 0.363 e. The number of nitrogens with one attached hydrogen (secondary N) is 1. The van der Waals surface area contributed by atoms with Crippen LogP contribution in [0.5, 0.6) is 0 Å². The van der Waals surface area contributed by atoms with Gasteiger partial charge in [-0.1, -0.05) is 25.0 Å². The van der Waals surface area contributed by atoms with Crippen molar-refractivity contribution in [2.75, 3.05) is 5.32 Å². The van der Waals surface area contributed by atoms with E-state index in [1.54, 1.807) is 0 Å². The van der Waals surface area contributed by atoms with Crippen molar-refractivity contribution in [3.63, 3.8) is 0 Å². The number of rotatable bonds is 4. The smallest absolute Gasteiger partial charge is 0.338 e. The minimum absolute atomic E-state index is 0.0890. The normalized spacial score (nSPS) is 18.5. The number of hydrogen-bond donors (Lipinski definition) is 2. The summed E-state index contributed by atoms with van der Waals surface area (Å²) in [5.74, 6) is 1.54. The number of carbonyl (C=O) groups is 1. The molecule has 0 aromatic heterocycles. The van der Waals surface area contributed by atoms with E-state index in [0.717, 1.165) is 29.1 Å². The number of anilines is 1. The number of amidine groups is 1. The molecule has 3 N–H and O–H groups in total. The van der Waals surface area contributed by atoms with Crippen molar-refractivity contribution in [1.29, 1.82) is 5.26 Å². The summed E-state index contributed by atoms with van der Waals surface area (Å²) in [7, 11) is 0. The van der Waals surface area contributed by atoms with Crippen molar-refractivity contribution in [2.24, 2.45) is 10.9 Å². The number of quaternary nitrogens is 1. The summed E-state index contributed by atoms with van der Waals surface area (Å²) in [6.07, 6.45) is 5.76. The van der Waals surface area contributed by atoms with Crippen molar-refractivity contribution < 1.29 is 10.1 Å². The van der Waals surface area contributed by atoms with Gasteiger partial charge >= 0.3 is 5.91 Å². The average Bonchev–Trinajstić information content (AvgIpc) is 3.04. The van der Waals surface area contributed by atoms with Crippen molar-refractivity contribution in [2.45, 2.75) is 46.0 Å². The van der Waals surface area contributed by atoms with E-state index in [9.17, 15) is 10.1 Å². The Labute approximate surface area is 142 Å². The number of nitrogens with zero attached hydrogens (tertiary/aromatic N) is 2. The third-order valence-corrected chi connectivity index (χ3v) is 4.77. The van der Waals surface area contributed by atoms with Crippen molar-refractivity contribution in [1.82, 2.24) is 0 Å². The molecule has 124 valence electrons. The number of aliphatic imine (C=N–C) groups is 1. The van der Waals surface area contributed by atoms with E-state index in [4.69, 9.17) is 0 Å². The first-order valence-corrected chi connectivity index (χ1v) is 8.52. The molecule has 1 aliphatic heterocycles. The van der Waals surface area contributed by atoms with Gasteiger partial charge in [-0.3, -0.25) is 0 Å². The van der Waals surface area contributed by atoms with Crippen LogP contribution in [0.4, 0.5) is 5.69 Å². The molecule has 1 aliphatic carbocycles. The lowest BCUT2D eigenvalue weighted by atomic mass is 10.0. The minimum Gasteiger partial charge on any atom is -0.338 e. The highest BCUT2D eigenvalue weighted by Crippen LogP contribution is 2.28. The molecule has 5 heteroatoms. The topological polar surface area (TPSA) is 81.9 Å². The minimum atomic E-state index is -0.242. The zero-order chi connectivity index (χ0) is 17.1. The number of amides is 1. The molecule has 1 saturated carbocycles. The van der Waals surface area contributed by atoms with Crippen LogP contribution in [0.1, 0.15) is 43.2 Å². The maximum atomic E-state index is 12.3. The van der Waals surface area contributed by atoms with Crippen molar-refractivity contribution >= 4 is 17.4 Å². The van der Waals surface area contributed by atoms with Gasteiger partial charge in [0.15, 0.2) is 11.4 Å². The second-order valence-electron chi connectivity index (χ2n) is 6.75. The van der Waals surface area contributed by atoms with Crippen LogP contribution >= 0.6 is 0 Å². The van der Waals surface area contributed by atoms with Crippen LogP contribution in [0, 0.1) is 31.1 Å². The highest BCUT2D eigenvalue weighted by molar-refractivity contribution is 5.99. The Hall–Kier alpha value is -2.45. The molecule has 0 unspecified atom stereocenters. The quantitative estimate of drug-likeness (QED) is 0.893. The van der Waals surface area contributed by atoms with E-state index in [-0.39, 0.29) is 11.5 Å². The lowest BCUT2D eigenvalue weighted by Crippen LogP contribution is -2.93. The SMILES string of the molecule is Cc1ccc(C)c(NC2=C(C#N)C(=O)[NH2+]C(CC3CCCC3)=N2)c1. The molecule has 1 heterocycles. The molecule has 2 aliphatic rings. The summed E-state index contributed by atoms with van der Waals surface area (Å²) in [6, 6.07) is 8.06. The van der Waals surface area contributed by atoms with E-state index >= 15 is 0 Å². The lowest BCUT2D eigenvalue weighted by Gasteiger charge is -2.17. The van der Waals surface area contributed by atoms with Gasteiger partial charge in [-0.15, -0.1) is 0 Å². The Morgan fingerprint density at radius 3 is 2.79 bits per heavy atom. The molecular formula is C19H23N4O+. The van der Waals surface area contributed by atoms with E-state index in [1.807, 2.05) is 38.1 Å². The first-order valence-electron chi connectivity index (χ1n) is 8.52. The lowest BCUT2D eigenvalue weighted by molar-refractivity contribution is -0.452. The van der Waals surface area contributed by atoms with E-state index in [1.165, 1.54) is 31.0 Å². The number of carbonyl (C=O) groups excluding carboxylic acids is 1. The van der Waals surface area contributed by atoms with Crippen LogP contribution in [0.3, 0.4) is 0 Å². The van der Waals surface area contributed by atoms with Gasteiger partial charge in [0.05, 0.1) is 0 Å². The molecule has 5 nitrogen and oxygen atoms in total. The standard InChI is InChI=1S/C19H22N4O/c1-12-7-8-13(2)16(9-12)21-18-15(11-20)19(24)23-17(22-18)10-14-5-3-4-6-14/h7-9,14H,3-6,10H2,1-2H3,(H2,21,22,23,24)/p+1. The summed E-state index contributed by atoms with van der Waals surface area (Å²) >= 11 is 0. The van der Waals surface area contributed by atoms with Crippen molar-refractivity contribution in [3.8, 4) is 6.07 Å². The van der Waals surface area contributed by atoms with Gasteiger partial charge in [0.25, 0.3) is 0 Å². The Kier molecular flexibility index (Phi) is 4.77. The van der Waals surface area contributed by atoms with Gasteiger partial charge in [-0.2, -0.15) is 10.3 Å². The van der Waals surface area contributed by atoms with Crippen LogP contribution in [0.2, 0.25) is 0 Å². The average molecular weight is 323 g/mol. The summed E-state index contributed by atoms with van der Waals surface area (Å²) < 4.78 is 0. The first kappa shape index (κ1) is 16.4. The molecule has 1 aromatic carbocycles. The molecule has 3 rings (SSSR count). The van der Waals surface area contributed by atoms with Gasteiger partial charge in [-0.05, 0) is 49.8 Å². The molecule has 0 bridgehead atoms. The van der Waals surface area contributed by atoms with Crippen LogP contribution < -0.4 is 10.6 Å². The Bertz CT molecular complexity index is 764. The molecular weight excluding hydrogens is 300 g/mol.